The fraction of sp³-hybridized carbons (Fsp3) is 0.560. The van der Waals surface area contributed by atoms with E-state index in [-0.39, 0.29) is 30.1 Å². The van der Waals surface area contributed by atoms with Crippen molar-refractivity contribution in [2.24, 2.45) is 5.92 Å². The number of nitriles is 1. The van der Waals surface area contributed by atoms with Crippen molar-refractivity contribution < 1.29 is 9.13 Å². The van der Waals surface area contributed by atoms with E-state index in [9.17, 15) is 14.4 Å². The Balaban J connectivity index is 1.37. The van der Waals surface area contributed by atoms with Crippen LogP contribution in [0.5, 0.6) is 0 Å². The first-order valence-electron chi connectivity index (χ1n) is 11.8. The quantitative estimate of drug-likeness (QED) is 0.539. The van der Waals surface area contributed by atoms with Crippen molar-refractivity contribution >= 4 is 5.65 Å². The van der Waals surface area contributed by atoms with E-state index in [0.717, 1.165) is 25.7 Å². The largest absolute Gasteiger partial charge is 0.373 e. The van der Waals surface area contributed by atoms with Crippen molar-refractivity contribution in [1.29, 1.82) is 5.26 Å². The Kier molecular flexibility index (Phi) is 7.41. The Morgan fingerprint density at radius 3 is 2.73 bits per heavy atom. The number of piperidine rings is 1. The maximum atomic E-state index is 14.1. The topological polar surface area (TPSA) is 75.6 Å². The maximum Gasteiger partial charge on any atom is 0.350 e. The Bertz CT molecular complexity index is 1110. The average molecular weight is 454 g/mol. The van der Waals surface area contributed by atoms with E-state index in [1.807, 2.05) is 26.0 Å². The zero-order valence-corrected chi connectivity index (χ0v) is 19.4. The van der Waals surface area contributed by atoms with Crippen LogP contribution in [0.3, 0.4) is 0 Å². The molecule has 8 heteroatoms. The molecule has 4 rings (SSSR count). The van der Waals surface area contributed by atoms with Gasteiger partial charge >= 0.3 is 5.69 Å². The molecule has 2 aliphatic rings. The number of hydrogen-bond donors (Lipinski definition) is 0. The first-order chi connectivity index (χ1) is 16.0. The molecule has 0 saturated carbocycles. The summed E-state index contributed by atoms with van der Waals surface area (Å²) in [5, 5.41) is 14.2. The third kappa shape index (κ3) is 5.10. The lowest BCUT2D eigenvalue weighted by Gasteiger charge is -2.39. The van der Waals surface area contributed by atoms with E-state index >= 15 is 0 Å². The second kappa shape index (κ2) is 10.4. The minimum Gasteiger partial charge on any atom is -0.373 e. The number of aromatic nitrogens is 3. The fourth-order valence-corrected chi connectivity index (χ4v) is 5.20. The molecule has 2 aliphatic heterocycles. The number of rotatable bonds is 9. The van der Waals surface area contributed by atoms with Gasteiger partial charge in [0.1, 0.15) is 5.83 Å². The van der Waals surface area contributed by atoms with Gasteiger partial charge in [-0.3, -0.25) is 9.30 Å². The van der Waals surface area contributed by atoms with Gasteiger partial charge in [-0.1, -0.05) is 25.1 Å². The van der Waals surface area contributed by atoms with E-state index in [1.165, 1.54) is 9.08 Å². The van der Waals surface area contributed by atoms with Gasteiger partial charge in [0.25, 0.3) is 0 Å². The number of hydrogen-bond acceptors (Lipinski definition) is 5. The van der Waals surface area contributed by atoms with Crippen LogP contribution in [-0.2, 0) is 11.3 Å². The molecule has 33 heavy (non-hydrogen) atoms. The third-order valence-electron chi connectivity index (χ3n) is 6.84. The summed E-state index contributed by atoms with van der Waals surface area (Å²) in [7, 11) is 0. The molecule has 0 amide bonds. The molecule has 0 aromatic carbocycles. The number of ether oxygens (including phenoxy) is 1. The van der Waals surface area contributed by atoms with Gasteiger partial charge in [-0.2, -0.15) is 5.26 Å². The Hall–Kier alpha value is -2.76. The molecule has 2 aromatic rings. The predicted molar refractivity (Wildman–Crippen MR) is 124 cm³/mol. The second-order valence-corrected chi connectivity index (χ2v) is 8.99. The molecule has 0 aliphatic carbocycles. The van der Waals surface area contributed by atoms with Crippen molar-refractivity contribution in [2.45, 2.75) is 70.7 Å². The van der Waals surface area contributed by atoms with Crippen LogP contribution in [0.25, 0.3) is 5.65 Å². The summed E-state index contributed by atoms with van der Waals surface area (Å²) in [4.78, 5) is 15.0. The second-order valence-electron chi connectivity index (χ2n) is 8.99. The standard InChI is InChI=1S/C25H32FN5O2/c1-3-7-19(23(26)4-2)17-33-22-12-20-9-10-21(13-22)30(20)15-18(14-27)16-31-25(32)29-11-6-5-8-24(29)28-31/h3,5-8,11,18,20-22H,4,9-10,12-13,15-17H2,1-2H3/b7-3-,23-19-. The highest BCUT2D eigenvalue weighted by Gasteiger charge is 2.42. The van der Waals surface area contributed by atoms with Gasteiger partial charge in [0.05, 0.1) is 31.2 Å². The molecule has 7 nitrogen and oxygen atoms in total. The van der Waals surface area contributed by atoms with Crippen LogP contribution in [0.4, 0.5) is 4.39 Å². The summed E-state index contributed by atoms with van der Waals surface area (Å²) in [5.41, 5.74) is 0.991. The van der Waals surface area contributed by atoms with E-state index in [4.69, 9.17) is 4.74 Å². The number of fused-ring (bicyclic) bond motifs is 3. The minimum atomic E-state index is -0.323. The third-order valence-corrected chi connectivity index (χ3v) is 6.84. The molecule has 2 fully saturated rings. The molecule has 0 N–H and O–H groups in total. The smallest absolute Gasteiger partial charge is 0.350 e. The highest BCUT2D eigenvalue weighted by atomic mass is 19.1. The molecule has 2 bridgehead atoms. The van der Waals surface area contributed by atoms with Gasteiger partial charge in [-0.25, -0.2) is 13.9 Å². The molecule has 2 saturated heterocycles. The van der Waals surface area contributed by atoms with Gasteiger partial charge in [0.2, 0.25) is 0 Å². The highest BCUT2D eigenvalue weighted by molar-refractivity contribution is 5.35. The number of nitrogens with zero attached hydrogens (tertiary/aromatic N) is 5. The first-order valence-corrected chi connectivity index (χ1v) is 11.8. The number of allylic oxidation sites excluding steroid dienone is 2. The van der Waals surface area contributed by atoms with Crippen LogP contribution in [0.1, 0.15) is 46.0 Å². The summed E-state index contributed by atoms with van der Waals surface area (Å²) in [6.45, 7) is 4.89. The summed E-state index contributed by atoms with van der Waals surface area (Å²) < 4.78 is 23.1. The van der Waals surface area contributed by atoms with Gasteiger partial charge in [-0.15, -0.1) is 5.10 Å². The minimum absolute atomic E-state index is 0.102. The lowest BCUT2D eigenvalue weighted by Crippen LogP contribution is -2.48. The molecule has 2 aromatic heterocycles. The SMILES string of the molecule is C/C=C\C(COC1CC2CCC(C1)N2CC(C#N)Cn1nc2ccccn2c1=O)=C(\F)CC. The van der Waals surface area contributed by atoms with E-state index in [2.05, 4.69) is 16.1 Å². The van der Waals surface area contributed by atoms with E-state index in [1.54, 1.807) is 24.4 Å². The molecule has 3 unspecified atom stereocenters. The van der Waals surface area contributed by atoms with Crippen LogP contribution in [0.15, 0.2) is 52.7 Å². The van der Waals surface area contributed by atoms with Crippen LogP contribution in [-0.4, -0.2) is 50.4 Å². The van der Waals surface area contributed by atoms with Crippen molar-refractivity contribution in [2.75, 3.05) is 13.2 Å². The predicted octanol–water partition coefficient (Wildman–Crippen LogP) is 3.86. The Labute approximate surface area is 193 Å². The van der Waals surface area contributed by atoms with Crippen LogP contribution < -0.4 is 5.69 Å². The first kappa shape index (κ1) is 23.4. The van der Waals surface area contributed by atoms with Crippen molar-refractivity contribution in [3.63, 3.8) is 0 Å². The van der Waals surface area contributed by atoms with Gasteiger partial charge in [0.15, 0.2) is 5.65 Å². The van der Waals surface area contributed by atoms with Crippen LogP contribution in [0.2, 0.25) is 0 Å². The van der Waals surface area contributed by atoms with Crippen molar-refractivity contribution in [3.05, 3.63) is 58.4 Å². The zero-order chi connectivity index (χ0) is 23.4. The number of pyridine rings is 1. The number of halogens is 1. The molecule has 4 heterocycles. The summed E-state index contributed by atoms with van der Waals surface area (Å²) >= 11 is 0. The van der Waals surface area contributed by atoms with Crippen molar-refractivity contribution in [1.82, 2.24) is 19.1 Å². The Morgan fingerprint density at radius 1 is 1.33 bits per heavy atom. The summed E-state index contributed by atoms with van der Waals surface area (Å²) in [5.74, 6) is -0.441. The molecule has 0 radical (unpaired) electrons. The fourth-order valence-electron chi connectivity index (χ4n) is 5.20. The lowest BCUT2D eigenvalue weighted by atomic mass is 9.97. The molecule has 0 spiro atoms. The summed E-state index contributed by atoms with van der Waals surface area (Å²) in [6, 6.07) is 8.51. The van der Waals surface area contributed by atoms with E-state index in [0.29, 0.717) is 42.9 Å². The summed E-state index contributed by atoms with van der Waals surface area (Å²) in [6.07, 6.45) is 9.74. The van der Waals surface area contributed by atoms with Gasteiger partial charge < -0.3 is 4.74 Å². The van der Waals surface area contributed by atoms with Crippen LogP contribution >= 0.6 is 0 Å². The lowest BCUT2D eigenvalue weighted by molar-refractivity contribution is -0.0141. The Morgan fingerprint density at radius 2 is 2.09 bits per heavy atom. The van der Waals surface area contributed by atoms with E-state index < -0.39 is 0 Å². The average Bonchev–Trinajstić information content (AvgIpc) is 3.26. The van der Waals surface area contributed by atoms with Gasteiger partial charge in [0, 0.05) is 30.4 Å². The zero-order valence-electron chi connectivity index (χ0n) is 19.4. The van der Waals surface area contributed by atoms with Crippen LogP contribution in [0, 0.1) is 17.2 Å². The normalized spacial score (nSPS) is 24.8. The van der Waals surface area contributed by atoms with Crippen molar-refractivity contribution in [3.8, 4) is 6.07 Å². The molecular formula is C25H32FN5O2. The monoisotopic (exact) mass is 453 g/mol. The maximum absolute atomic E-state index is 14.1. The van der Waals surface area contributed by atoms with Gasteiger partial charge in [-0.05, 0) is 51.2 Å². The highest BCUT2D eigenvalue weighted by Crippen LogP contribution is 2.37. The molecule has 3 atom stereocenters. The molecule has 176 valence electrons. The molecular weight excluding hydrogens is 421 g/mol.